The second-order valence-electron chi connectivity index (χ2n) is 21.7. The zero-order valence-corrected chi connectivity index (χ0v) is 52.4. The fourth-order valence-electron chi connectivity index (χ4n) is 8.08. The number of phosphoric ester groups is 1. The number of esters is 2. The summed E-state index contributed by atoms with van der Waals surface area (Å²) in [7, 11) is 1.45. The summed E-state index contributed by atoms with van der Waals surface area (Å²) in [6, 6.07) is 0. The number of hydrogen-bond donors (Lipinski definition) is 1. The lowest BCUT2D eigenvalue weighted by atomic mass is 10.0. The van der Waals surface area contributed by atoms with Crippen LogP contribution in [-0.2, 0) is 32.7 Å². The van der Waals surface area contributed by atoms with E-state index in [2.05, 4.69) is 160 Å². The number of hydrogen-bond acceptors (Lipinski definition) is 7. The van der Waals surface area contributed by atoms with Crippen LogP contribution in [0.2, 0.25) is 0 Å². The lowest BCUT2D eigenvalue weighted by Gasteiger charge is -2.24. The monoisotopic (exact) mass is 1130 g/mol. The molecule has 9 nitrogen and oxygen atoms in total. The number of nitrogens with zero attached hydrogens (tertiary/aromatic N) is 1. The number of phosphoric acid groups is 1. The number of carbonyl (C=O) groups excluding carboxylic acids is 2. The summed E-state index contributed by atoms with van der Waals surface area (Å²) < 4.78 is 34.6. The Labute approximate surface area is 491 Å². The van der Waals surface area contributed by atoms with E-state index in [9.17, 15) is 19.0 Å². The number of unbranched alkanes of at least 4 members (excludes halogenated alkanes) is 18. The zero-order valence-electron chi connectivity index (χ0n) is 51.5. The van der Waals surface area contributed by atoms with Gasteiger partial charge in [-0.1, -0.05) is 250 Å². The number of allylic oxidation sites excluding steroid dienone is 24. The highest BCUT2D eigenvalue weighted by Crippen LogP contribution is 2.43. The second-order valence-corrected chi connectivity index (χ2v) is 23.1. The third kappa shape index (κ3) is 63.1. The Morgan fingerprint density at radius 1 is 0.388 bits per heavy atom. The van der Waals surface area contributed by atoms with Crippen molar-refractivity contribution in [3.8, 4) is 0 Å². The normalized spacial score (nSPS) is 14.2. The van der Waals surface area contributed by atoms with E-state index in [1.807, 2.05) is 21.1 Å². The molecule has 0 aliphatic rings. The lowest BCUT2D eigenvalue weighted by Crippen LogP contribution is -2.37. The largest absolute Gasteiger partial charge is 0.472 e. The van der Waals surface area contributed by atoms with Gasteiger partial charge in [-0.25, -0.2) is 4.57 Å². The maximum Gasteiger partial charge on any atom is 0.472 e. The Hall–Kier alpha value is -4.11. The molecule has 0 aromatic heterocycles. The Morgan fingerprint density at radius 2 is 0.675 bits per heavy atom. The van der Waals surface area contributed by atoms with Crippen molar-refractivity contribution in [1.29, 1.82) is 0 Å². The van der Waals surface area contributed by atoms with E-state index < -0.39 is 26.5 Å². The van der Waals surface area contributed by atoms with Crippen LogP contribution in [-0.4, -0.2) is 74.9 Å². The highest BCUT2D eigenvalue weighted by Gasteiger charge is 2.27. The Bertz CT molecular complexity index is 1860. The van der Waals surface area contributed by atoms with E-state index in [0.29, 0.717) is 23.9 Å². The number of likely N-dealkylation sites (N-methyl/N-ethyl adjacent to an activating group) is 1. The summed E-state index contributed by atoms with van der Waals surface area (Å²) in [5.74, 6) is -0.823. The van der Waals surface area contributed by atoms with E-state index in [-0.39, 0.29) is 32.0 Å². The van der Waals surface area contributed by atoms with Gasteiger partial charge < -0.3 is 18.9 Å². The molecule has 0 aromatic rings. The molecular weight excluding hydrogens is 1010 g/mol. The van der Waals surface area contributed by atoms with Gasteiger partial charge in [0.25, 0.3) is 0 Å². The highest BCUT2D eigenvalue weighted by atomic mass is 31.2. The van der Waals surface area contributed by atoms with Crippen LogP contribution in [0.3, 0.4) is 0 Å². The maximum absolute atomic E-state index is 12.8. The highest BCUT2D eigenvalue weighted by molar-refractivity contribution is 7.47. The molecule has 0 saturated heterocycles. The molecule has 0 saturated carbocycles. The summed E-state index contributed by atoms with van der Waals surface area (Å²) in [6.45, 7) is 4.17. The Kier molecular flexibility index (Phi) is 56.5. The SMILES string of the molecule is CC/C=C\C/C=C\C/C=C\C/C=C\C/C=C\C/C=C\C/C=C\C/C=C\CCCCCCCCCCCCCCC(=O)OC(COC(=O)CCCCCCCC/C=C\C/C=C\C/C=C\C/C=C\CC)COP(=O)(O)OCC[N+](C)(C)C. The number of carbonyl (C=O) groups is 2. The van der Waals surface area contributed by atoms with Crippen LogP contribution in [0.1, 0.15) is 232 Å². The van der Waals surface area contributed by atoms with Crippen LogP contribution in [0, 0.1) is 0 Å². The van der Waals surface area contributed by atoms with Crippen LogP contribution in [0.4, 0.5) is 0 Å². The van der Waals surface area contributed by atoms with Crippen molar-refractivity contribution < 1.29 is 42.1 Å². The third-order valence-electron chi connectivity index (χ3n) is 12.9. The summed E-state index contributed by atoms with van der Waals surface area (Å²) in [4.78, 5) is 35.7. The predicted octanol–water partition coefficient (Wildman–Crippen LogP) is 20.3. The van der Waals surface area contributed by atoms with E-state index in [1.54, 1.807) is 0 Å². The van der Waals surface area contributed by atoms with Gasteiger partial charge >= 0.3 is 19.8 Å². The van der Waals surface area contributed by atoms with Crippen molar-refractivity contribution in [2.45, 2.75) is 238 Å². The molecule has 2 atom stereocenters. The molecule has 0 aromatic carbocycles. The molecule has 0 aliphatic heterocycles. The molecule has 0 fully saturated rings. The summed E-state index contributed by atoms with van der Waals surface area (Å²) in [6.07, 6.45) is 87.8. The van der Waals surface area contributed by atoms with Crippen molar-refractivity contribution in [1.82, 2.24) is 0 Å². The molecule has 10 heteroatoms. The minimum absolute atomic E-state index is 0.0217. The van der Waals surface area contributed by atoms with Gasteiger partial charge in [-0.3, -0.25) is 18.6 Å². The van der Waals surface area contributed by atoms with Crippen molar-refractivity contribution in [2.24, 2.45) is 0 Å². The minimum Gasteiger partial charge on any atom is -0.462 e. The van der Waals surface area contributed by atoms with Crippen LogP contribution in [0.25, 0.3) is 0 Å². The first-order valence-electron chi connectivity index (χ1n) is 31.6. The maximum atomic E-state index is 12.8. The first kappa shape index (κ1) is 75.9. The predicted molar refractivity (Wildman–Crippen MR) is 343 cm³/mol. The molecule has 454 valence electrons. The molecule has 0 bridgehead atoms. The van der Waals surface area contributed by atoms with Gasteiger partial charge in [-0.05, 0) is 116 Å². The van der Waals surface area contributed by atoms with Gasteiger partial charge in [0, 0.05) is 12.8 Å². The van der Waals surface area contributed by atoms with Crippen LogP contribution in [0.15, 0.2) is 146 Å². The van der Waals surface area contributed by atoms with Crippen molar-refractivity contribution in [2.75, 3.05) is 47.5 Å². The van der Waals surface area contributed by atoms with Gasteiger partial charge in [-0.15, -0.1) is 0 Å². The standard InChI is InChI=1S/C70H116NO8P/c1-6-8-10-12-14-16-18-20-22-24-26-27-28-29-30-31-32-33-34-35-36-37-38-39-40-41-42-43-45-47-49-51-53-55-57-59-61-63-70(73)79-68(67-78-80(74,75)77-65-64-71(3,4)5)66-76-69(72)62-60-58-56-54-52-50-48-46-44-25-23-21-19-17-15-13-11-9-7-2/h8-11,14-17,20-23,26-27,29-30,32-33,35-36,38-39,44,46,68H,6-7,12-13,18-19,24-25,28,31,34,37,40-43,45,47-67H2,1-5H3/p+1/b10-8-,11-9-,16-14-,17-15-,22-20-,23-21-,27-26-,30-29-,33-32-,36-35-,39-38-,46-44-. The van der Waals surface area contributed by atoms with Gasteiger partial charge in [0.1, 0.15) is 19.8 Å². The molecule has 0 amide bonds. The van der Waals surface area contributed by atoms with Crippen LogP contribution in [0.5, 0.6) is 0 Å². The Morgan fingerprint density at radius 3 is 1.00 bits per heavy atom. The van der Waals surface area contributed by atoms with E-state index >= 15 is 0 Å². The quantitative estimate of drug-likeness (QED) is 0.0211. The van der Waals surface area contributed by atoms with E-state index in [0.717, 1.165) is 135 Å². The molecular formula is C70H117NO8P+. The molecule has 0 heterocycles. The van der Waals surface area contributed by atoms with Gasteiger partial charge in [0.05, 0.1) is 27.7 Å². The van der Waals surface area contributed by atoms with E-state index in [1.165, 1.54) is 57.8 Å². The average molecular weight is 1130 g/mol. The second kappa shape index (κ2) is 59.5. The van der Waals surface area contributed by atoms with Crippen LogP contribution < -0.4 is 0 Å². The zero-order chi connectivity index (χ0) is 58.4. The average Bonchev–Trinajstić information content (AvgIpc) is 3.42. The molecule has 2 unspecified atom stereocenters. The van der Waals surface area contributed by atoms with Gasteiger partial charge in [0.15, 0.2) is 6.10 Å². The lowest BCUT2D eigenvalue weighted by molar-refractivity contribution is -0.870. The molecule has 1 N–H and O–H groups in total. The summed E-state index contributed by atoms with van der Waals surface area (Å²) in [5, 5.41) is 0. The fraction of sp³-hybridized carbons (Fsp3) is 0.629. The first-order chi connectivity index (χ1) is 39.0. The first-order valence-corrected chi connectivity index (χ1v) is 33.1. The van der Waals surface area contributed by atoms with E-state index in [4.69, 9.17) is 18.5 Å². The third-order valence-corrected chi connectivity index (χ3v) is 13.8. The molecule has 0 rings (SSSR count). The van der Waals surface area contributed by atoms with Gasteiger partial charge in [-0.2, -0.15) is 0 Å². The molecule has 0 aliphatic carbocycles. The minimum atomic E-state index is -4.40. The topological polar surface area (TPSA) is 108 Å². The summed E-state index contributed by atoms with van der Waals surface area (Å²) >= 11 is 0. The molecule has 80 heavy (non-hydrogen) atoms. The number of ether oxygens (including phenoxy) is 2. The van der Waals surface area contributed by atoms with Crippen LogP contribution >= 0.6 is 7.82 Å². The summed E-state index contributed by atoms with van der Waals surface area (Å²) in [5.41, 5.74) is 0. The van der Waals surface area contributed by atoms with Gasteiger partial charge in [0.2, 0.25) is 0 Å². The molecule has 0 spiro atoms. The molecule has 0 radical (unpaired) electrons. The number of rotatable bonds is 56. The Balaban J connectivity index is 4.13. The van der Waals surface area contributed by atoms with Crippen molar-refractivity contribution >= 4 is 19.8 Å². The van der Waals surface area contributed by atoms with Crippen molar-refractivity contribution in [3.63, 3.8) is 0 Å². The van der Waals surface area contributed by atoms with Crippen molar-refractivity contribution in [3.05, 3.63) is 146 Å². The number of quaternary nitrogens is 1. The smallest absolute Gasteiger partial charge is 0.462 e. The fourth-order valence-corrected chi connectivity index (χ4v) is 8.82.